The third kappa shape index (κ3) is 5.63. The van der Waals surface area contributed by atoms with Crippen LogP contribution in [-0.4, -0.2) is 24.5 Å². The summed E-state index contributed by atoms with van der Waals surface area (Å²) in [7, 11) is -3.78. The van der Waals surface area contributed by atoms with Gasteiger partial charge in [-0.2, -0.15) is 0 Å². The summed E-state index contributed by atoms with van der Waals surface area (Å²) >= 11 is 7.32. The number of sulfonamides is 1. The smallest absolute Gasteiger partial charge is 0.261 e. The molecule has 1 aromatic heterocycles. The van der Waals surface area contributed by atoms with E-state index in [9.17, 15) is 13.2 Å². The molecule has 1 heterocycles. The number of nitrogens with one attached hydrogen (secondary N) is 2. The number of hydrogen-bond acceptors (Lipinski definition) is 6. The molecule has 0 saturated heterocycles. The molecule has 150 valence electrons. The van der Waals surface area contributed by atoms with Crippen molar-refractivity contribution in [3.63, 3.8) is 0 Å². The molecule has 0 aliphatic rings. The Morgan fingerprint density at radius 1 is 1.14 bits per heavy atom. The van der Waals surface area contributed by atoms with Gasteiger partial charge in [0.1, 0.15) is 5.01 Å². The highest BCUT2D eigenvalue weighted by Crippen LogP contribution is 2.24. The summed E-state index contributed by atoms with van der Waals surface area (Å²) in [5.41, 5.74) is 0.973. The van der Waals surface area contributed by atoms with E-state index < -0.39 is 10.0 Å². The van der Waals surface area contributed by atoms with Crippen LogP contribution in [0.1, 0.15) is 17.5 Å². The van der Waals surface area contributed by atoms with Crippen molar-refractivity contribution in [2.45, 2.75) is 18.2 Å². The first kappa shape index (κ1) is 21.0. The average molecular weight is 449 g/mol. The van der Waals surface area contributed by atoms with Crippen LogP contribution in [0.2, 0.25) is 5.02 Å². The maximum Gasteiger partial charge on any atom is 0.261 e. The summed E-state index contributed by atoms with van der Waals surface area (Å²) in [6.45, 7) is 1.96. The zero-order valence-electron chi connectivity index (χ0n) is 15.3. The van der Waals surface area contributed by atoms with Gasteiger partial charge in [0.15, 0.2) is 0 Å². The summed E-state index contributed by atoms with van der Waals surface area (Å²) in [4.78, 5) is 12.1. The second kappa shape index (κ2) is 9.17. The molecular weight excluding hydrogens is 432 g/mol. The number of para-hydroxylation sites is 1. The molecule has 0 spiro atoms. The van der Waals surface area contributed by atoms with Crippen molar-refractivity contribution >= 4 is 55.8 Å². The lowest BCUT2D eigenvalue weighted by atomic mass is 10.2. The minimum absolute atomic E-state index is 0.0833. The van der Waals surface area contributed by atoms with E-state index in [1.807, 2.05) is 6.92 Å². The second-order valence-electron chi connectivity index (χ2n) is 5.83. The van der Waals surface area contributed by atoms with E-state index in [1.165, 1.54) is 29.5 Å². The Labute approximate surface area is 177 Å². The molecular formula is C19H17ClN4O3S2. The van der Waals surface area contributed by atoms with E-state index in [-0.39, 0.29) is 10.8 Å². The van der Waals surface area contributed by atoms with Gasteiger partial charge in [0.25, 0.3) is 10.0 Å². The topological polar surface area (TPSA) is 101 Å². The van der Waals surface area contributed by atoms with Crippen LogP contribution < -0.4 is 10.0 Å². The Hall–Kier alpha value is -2.75. The van der Waals surface area contributed by atoms with Crippen molar-refractivity contribution in [3.05, 3.63) is 70.2 Å². The number of aryl methyl sites for hydroxylation is 1. The van der Waals surface area contributed by atoms with E-state index in [1.54, 1.807) is 42.5 Å². The summed E-state index contributed by atoms with van der Waals surface area (Å²) in [5, 5.41) is 12.0. The van der Waals surface area contributed by atoms with Crippen molar-refractivity contribution in [1.82, 2.24) is 10.2 Å². The Bertz CT molecular complexity index is 1140. The van der Waals surface area contributed by atoms with E-state index in [4.69, 9.17) is 11.6 Å². The van der Waals surface area contributed by atoms with Crippen LogP contribution in [0.5, 0.6) is 0 Å². The number of rotatable bonds is 7. The number of amides is 1. The van der Waals surface area contributed by atoms with Crippen molar-refractivity contribution in [2.24, 2.45) is 0 Å². The SMILES string of the molecule is CCc1nnc(NC(=O)/C=C/c2ccc(S(=O)(=O)Nc3ccccc3Cl)cc2)s1. The maximum atomic E-state index is 12.5. The molecule has 7 nitrogen and oxygen atoms in total. The maximum absolute atomic E-state index is 12.5. The molecule has 2 aromatic carbocycles. The number of halogens is 1. The number of nitrogens with zero attached hydrogens (tertiary/aromatic N) is 2. The molecule has 1 amide bonds. The van der Waals surface area contributed by atoms with Gasteiger partial charge in [0, 0.05) is 6.08 Å². The molecule has 3 rings (SSSR count). The first-order chi connectivity index (χ1) is 13.9. The van der Waals surface area contributed by atoms with E-state index in [0.717, 1.165) is 11.4 Å². The predicted octanol–water partition coefficient (Wildman–Crippen LogP) is 4.21. The second-order valence-corrected chi connectivity index (χ2v) is 8.98. The number of aromatic nitrogens is 2. The predicted molar refractivity (Wildman–Crippen MR) is 116 cm³/mol. The van der Waals surface area contributed by atoms with Gasteiger partial charge in [0.05, 0.1) is 15.6 Å². The van der Waals surface area contributed by atoms with Crippen LogP contribution in [-0.2, 0) is 21.2 Å². The highest BCUT2D eigenvalue weighted by atomic mass is 35.5. The summed E-state index contributed by atoms with van der Waals surface area (Å²) in [6, 6.07) is 12.7. The molecule has 0 fully saturated rings. The van der Waals surface area contributed by atoms with Crippen LogP contribution >= 0.6 is 22.9 Å². The van der Waals surface area contributed by atoms with Crippen molar-refractivity contribution in [1.29, 1.82) is 0 Å². The quantitative estimate of drug-likeness (QED) is 0.527. The summed E-state index contributed by atoms with van der Waals surface area (Å²) < 4.78 is 27.4. The largest absolute Gasteiger partial charge is 0.297 e. The molecule has 0 aliphatic carbocycles. The van der Waals surface area contributed by atoms with Gasteiger partial charge in [-0.05, 0) is 42.3 Å². The first-order valence-corrected chi connectivity index (χ1v) is 11.2. The molecule has 3 aromatic rings. The lowest BCUT2D eigenvalue weighted by Gasteiger charge is -2.09. The summed E-state index contributed by atoms with van der Waals surface area (Å²) in [5.74, 6) is -0.346. The van der Waals surface area contributed by atoms with Gasteiger partial charge in [-0.25, -0.2) is 8.42 Å². The highest BCUT2D eigenvalue weighted by molar-refractivity contribution is 7.92. The minimum atomic E-state index is -3.78. The molecule has 10 heteroatoms. The number of benzene rings is 2. The first-order valence-electron chi connectivity index (χ1n) is 8.56. The molecule has 0 aliphatic heterocycles. The zero-order chi connectivity index (χ0) is 20.9. The lowest BCUT2D eigenvalue weighted by Crippen LogP contribution is -2.13. The molecule has 2 N–H and O–H groups in total. The van der Waals surface area contributed by atoms with Crippen molar-refractivity contribution in [3.8, 4) is 0 Å². The lowest BCUT2D eigenvalue weighted by molar-refractivity contribution is -0.111. The number of carbonyl (C=O) groups excluding carboxylic acids is 1. The zero-order valence-corrected chi connectivity index (χ0v) is 17.7. The van der Waals surface area contributed by atoms with Crippen molar-refractivity contribution < 1.29 is 13.2 Å². The number of hydrogen-bond donors (Lipinski definition) is 2. The fourth-order valence-corrected chi connectivity index (χ4v) is 4.27. The Kier molecular flexibility index (Phi) is 6.63. The molecule has 0 radical (unpaired) electrons. The molecule has 0 atom stereocenters. The van der Waals surface area contributed by atoms with Gasteiger partial charge in [-0.3, -0.25) is 14.8 Å². The monoisotopic (exact) mass is 448 g/mol. The molecule has 0 bridgehead atoms. The van der Waals surface area contributed by atoms with Gasteiger partial charge >= 0.3 is 0 Å². The van der Waals surface area contributed by atoms with Crippen LogP contribution in [0.15, 0.2) is 59.5 Å². The Morgan fingerprint density at radius 3 is 2.52 bits per heavy atom. The van der Waals surface area contributed by atoms with Gasteiger partial charge < -0.3 is 0 Å². The highest BCUT2D eigenvalue weighted by Gasteiger charge is 2.15. The van der Waals surface area contributed by atoms with Gasteiger partial charge in [-0.15, -0.1) is 10.2 Å². The molecule has 29 heavy (non-hydrogen) atoms. The normalized spacial score (nSPS) is 11.5. The minimum Gasteiger partial charge on any atom is -0.297 e. The van der Waals surface area contributed by atoms with Crippen LogP contribution in [0, 0.1) is 0 Å². The van der Waals surface area contributed by atoms with E-state index >= 15 is 0 Å². The third-order valence-electron chi connectivity index (χ3n) is 3.74. The molecule has 0 saturated carbocycles. The third-order valence-corrected chi connectivity index (χ3v) is 6.43. The number of anilines is 2. The molecule has 0 unspecified atom stereocenters. The van der Waals surface area contributed by atoms with Crippen molar-refractivity contribution in [2.75, 3.05) is 10.0 Å². The fourth-order valence-electron chi connectivity index (χ4n) is 2.27. The average Bonchev–Trinajstić information content (AvgIpc) is 3.16. The van der Waals surface area contributed by atoms with E-state index in [0.29, 0.717) is 21.4 Å². The number of carbonyl (C=O) groups is 1. The van der Waals surface area contributed by atoms with Crippen LogP contribution in [0.4, 0.5) is 10.8 Å². The Balaban J connectivity index is 1.65. The van der Waals surface area contributed by atoms with Gasteiger partial charge in [0.2, 0.25) is 11.0 Å². The summed E-state index contributed by atoms with van der Waals surface area (Å²) in [6.07, 6.45) is 3.68. The van der Waals surface area contributed by atoms with Gasteiger partial charge in [-0.1, -0.05) is 54.1 Å². The standard InChI is InChI=1S/C19H17ClN4O3S2/c1-2-18-22-23-19(28-18)21-17(25)12-9-13-7-10-14(11-8-13)29(26,27)24-16-6-4-3-5-15(16)20/h3-12,24H,2H2,1H3,(H,21,23,25)/b12-9+. The Morgan fingerprint density at radius 2 is 1.86 bits per heavy atom. The van der Waals surface area contributed by atoms with E-state index in [2.05, 4.69) is 20.2 Å². The van der Waals surface area contributed by atoms with Crippen LogP contribution in [0.3, 0.4) is 0 Å². The fraction of sp³-hybridized carbons (Fsp3) is 0.105. The van der Waals surface area contributed by atoms with Crippen LogP contribution in [0.25, 0.3) is 6.08 Å².